The molecule has 0 bridgehead atoms. The summed E-state index contributed by atoms with van der Waals surface area (Å²) in [5.74, 6) is 0. The summed E-state index contributed by atoms with van der Waals surface area (Å²) < 4.78 is 0. The summed E-state index contributed by atoms with van der Waals surface area (Å²) in [5.41, 5.74) is 0. The Labute approximate surface area is 91.4 Å². The van der Waals surface area contributed by atoms with E-state index in [1.807, 2.05) is 0 Å². The van der Waals surface area contributed by atoms with Crippen molar-refractivity contribution in [3.8, 4) is 0 Å². The number of likely N-dealkylation sites (tertiary alicyclic amines) is 1. The summed E-state index contributed by atoms with van der Waals surface area (Å²) in [5, 5.41) is 7.17. The molecule has 0 aromatic carbocycles. The van der Waals surface area contributed by atoms with Gasteiger partial charge in [-0.2, -0.15) is 0 Å². The highest BCUT2D eigenvalue weighted by molar-refractivity contribution is 5.46. The predicted molar refractivity (Wildman–Crippen MR) is 58.4 cm³/mol. The van der Waals surface area contributed by atoms with Gasteiger partial charge in [0, 0.05) is 12.6 Å². The van der Waals surface area contributed by atoms with Gasteiger partial charge in [-0.05, 0) is 38.8 Å². The molecule has 0 saturated carbocycles. The smallest absolute Gasteiger partial charge is 0.208 e. The lowest BCUT2D eigenvalue weighted by molar-refractivity contribution is -0.110. The molecule has 85 valence electrons. The fraction of sp³-hybridized carbons (Fsp3) is 0.909. The second-order valence-corrected chi connectivity index (χ2v) is 4.48. The first-order valence-electron chi connectivity index (χ1n) is 6.00. The predicted octanol–water partition coefficient (Wildman–Crippen LogP) is 0.311. The summed E-state index contributed by atoms with van der Waals surface area (Å²) in [7, 11) is 0. The first kappa shape index (κ1) is 10.9. The molecule has 2 unspecified atom stereocenters. The van der Waals surface area contributed by atoms with Gasteiger partial charge in [0.05, 0.1) is 6.17 Å². The molecule has 15 heavy (non-hydrogen) atoms. The van der Waals surface area contributed by atoms with Crippen LogP contribution in [0, 0.1) is 0 Å². The van der Waals surface area contributed by atoms with Crippen LogP contribution in [0.5, 0.6) is 0 Å². The van der Waals surface area contributed by atoms with E-state index < -0.39 is 0 Å². The molecule has 2 aliphatic rings. The lowest BCUT2D eigenvalue weighted by Crippen LogP contribution is -2.51. The standard InChI is InChI=1S/C11H20N3O/c15-9-13-11-8-10(4-5-12-11)14-6-2-1-3-7-14/h9-11H,1-8H2,(H,13,15). The highest BCUT2D eigenvalue weighted by atomic mass is 16.1. The average Bonchev–Trinajstić information content (AvgIpc) is 2.31. The third kappa shape index (κ3) is 2.92. The number of nitrogens with zero attached hydrogens (tertiary/aromatic N) is 2. The van der Waals surface area contributed by atoms with Crippen molar-refractivity contribution in [1.82, 2.24) is 15.5 Å². The normalized spacial score (nSPS) is 33.6. The summed E-state index contributed by atoms with van der Waals surface area (Å²) in [6, 6.07) is 0.639. The van der Waals surface area contributed by atoms with Crippen molar-refractivity contribution in [3.63, 3.8) is 0 Å². The number of amides is 1. The number of hydrogen-bond donors (Lipinski definition) is 1. The molecule has 4 heteroatoms. The molecule has 0 aromatic rings. The van der Waals surface area contributed by atoms with Crippen molar-refractivity contribution in [2.45, 2.75) is 44.3 Å². The third-order valence-corrected chi connectivity index (χ3v) is 3.47. The minimum atomic E-state index is 0.0585. The van der Waals surface area contributed by atoms with E-state index in [1.54, 1.807) is 0 Å². The SMILES string of the molecule is O=CNC1CC(N2CCCCC2)CC[N]1. The van der Waals surface area contributed by atoms with Gasteiger partial charge in [-0.25, -0.2) is 5.32 Å². The second kappa shape index (κ2) is 5.47. The van der Waals surface area contributed by atoms with E-state index in [0.29, 0.717) is 6.04 Å². The van der Waals surface area contributed by atoms with Gasteiger partial charge in [0.1, 0.15) is 0 Å². The van der Waals surface area contributed by atoms with Crippen molar-refractivity contribution >= 4 is 6.41 Å². The van der Waals surface area contributed by atoms with Crippen molar-refractivity contribution in [2.24, 2.45) is 0 Å². The van der Waals surface area contributed by atoms with E-state index in [1.165, 1.54) is 32.4 Å². The maximum atomic E-state index is 10.4. The molecule has 2 saturated heterocycles. The number of carbonyl (C=O) groups is 1. The number of piperidine rings is 2. The minimum Gasteiger partial charge on any atom is -0.342 e. The quantitative estimate of drug-likeness (QED) is 0.682. The molecular weight excluding hydrogens is 190 g/mol. The molecule has 1 N–H and O–H groups in total. The molecule has 0 aliphatic carbocycles. The first-order chi connectivity index (χ1) is 7.40. The van der Waals surface area contributed by atoms with E-state index in [-0.39, 0.29) is 6.17 Å². The Balaban J connectivity index is 1.82. The van der Waals surface area contributed by atoms with Crippen LogP contribution < -0.4 is 10.6 Å². The molecule has 1 radical (unpaired) electrons. The van der Waals surface area contributed by atoms with Crippen LogP contribution in [0.3, 0.4) is 0 Å². The number of carbonyl (C=O) groups excluding carboxylic acids is 1. The summed E-state index contributed by atoms with van der Waals surface area (Å²) in [6.07, 6.45) is 7.04. The molecule has 2 fully saturated rings. The van der Waals surface area contributed by atoms with Crippen LogP contribution in [-0.2, 0) is 4.79 Å². The van der Waals surface area contributed by atoms with Crippen molar-refractivity contribution in [1.29, 1.82) is 0 Å². The van der Waals surface area contributed by atoms with Gasteiger partial charge in [-0.1, -0.05) is 6.42 Å². The highest BCUT2D eigenvalue weighted by Crippen LogP contribution is 2.19. The monoisotopic (exact) mass is 210 g/mol. The Hall–Kier alpha value is -0.610. The molecule has 2 aliphatic heterocycles. The van der Waals surface area contributed by atoms with Crippen LogP contribution in [-0.4, -0.2) is 43.2 Å². The number of rotatable bonds is 3. The fourth-order valence-corrected chi connectivity index (χ4v) is 2.64. The molecule has 1 amide bonds. The molecule has 4 nitrogen and oxygen atoms in total. The molecule has 0 spiro atoms. The molecule has 2 rings (SSSR count). The van der Waals surface area contributed by atoms with Gasteiger partial charge in [-0.15, -0.1) is 0 Å². The van der Waals surface area contributed by atoms with Crippen LogP contribution in [0.1, 0.15) is 32.1 Å². The largest absolute Gasteiger partial charge is 0.342 e. The van der Waals surface area contributed by atoms with Crippen LogP contribution in [0.15, 0.2) is 0 Å². The lowest BCUT2D eigenvalue weighted by Gasteiger charge is -2.39. The molecular formula is C11H20N3O. The van der Waals surface area contributed by atoms with Crippen molar-refractivity contribution in [3.05, 3.63) is 0 Å². The Bertz CT molecular complexity index is 204. The van der Waals surface area contributed by atoms with Crippen molar-refractivity contribution < 1.29 is 4.79 Å². The van der Waals surface area contributed by atoms with Gasteiger partial charge in [0.2, 0.25) is 6.41 Å². The van der Waals surface area contributed by atoms with Gasteiger partial charge >= 0.3 is 0 Å². The molecule has 2 atom stereocenters. The van der Waals surface area contributed by atoms with Gasteiger partial charge < -0.3 is 10.2 Å². The zero-order chi connectivity index (χ0) is 10.5. The van der Waals surface area contributed by atoms with Crippen molar-refractivity contribution in [2.75, 3.05) is 19.6 Å². The summed E-state index contributed by atoms with van der Waals surface area (Å²) in [4.78, 5) is 13.0. The van der Waals surface area contributed by atoms with Crippen LogP contribution in [0.25, 0.3) is 0 Å². The first-order valence-corrected chi connectivity index (χ1v) is 6.00. The van der Waals surface area contributed by atoms with Crippen LogP contribution in [0.4, 0.5) is 0 Å². The maximum Gasteiger partial charge on any atom is 0.208 e. The van der Waals surface area contributed by atoms with E-state index in [2.05, 4.69) is 15.5 Å². The highest BCUT2D eigenvalue weighted by Gasteiger charge is 2.27. The Morgan fingerprint density at radius 1 is 1.27 bits per heavy atom. The van der Waals surface area contributed by atoms with E-state index in [0.717, 1.165) is 25.8 Å². The Morgan fingerprint density at radius 2 is 2.07 bits per heavy atom. The summed E-state index contributed by atoms with van der Waals surface area (Å²) >= 11 is 0. The Morgan fingerprint density at radius 3 is 2.80 bits per heavy atom. The zero-order valence-electron chi connectivity index (χ0n) is 9.19. The Kier molecular flexibility index (Phi) is 3.97. The van der Waals surface area contributed by atoms with Crippen LogP contribution >= 0.6 is 0 Å². The van der Waals surface area contributed by atoms with Gasteiger partial charge in [0.25, 0.3) is 0 Å². The van der Waals surface area contributed by atoms with Crippen LogP contribution in [0.2, 0.25) is 0 Å². The van der Waals surface area contributed by atoms with E-state index in [9.17, 15) is 4.79 Å². The lowest BCUT2D eigenvalue weighted by atomic mass is 9.99. The number of hydrogen-bond acceptors (Lipinski definition) is 2. The second-order valence-electron chi connectivity index (χ2n) is 4.48. The zero-order valence-corrected chi connectivity index (χ0v) is 9.19. The van der Waals surface area contributed by atoms with Gasteiger partial charge in [-0.3, -0.25) is 4.79 Å². The average molecular weight is 210 g/mol. The number of nitrogens with one attached hydrogen (secondary N) is 1. The van der Waals surface area contributed by atoms with E-state index in [4.69, 9.17) is 0 Å². The maximum absolute atomic E-state index is 10.4. The topological polar surface area (TPSA) is 46.4 Å². The van der Waals surface area contributed by atoms with E-state index >= 15 is 0 Å². The third-order valence-electron chi connectivity index (χ3n) is 3.47. The van der Waals surface area contributed by atoms with Gasteiger partial charge in [0.15, 0.2) is 0 Å². The minimum absolute atomic E-state index is 0.0585. The fourth-order valence-electron chi connectivity index (χ4n) is 2.64. The molecule has 0 aromatic heterocycles. The summed E-state index contributed by atoms with van der Waals surface area (Å²) in [6.45, 7) is 3.36. The molecule has 2 heterocycles.